The lowest BCUT2D eigenvalue weighted by Gasteiger charge is -2.10. The number of methoxy groups -OCH3 is 1. The van der Waals surface area contributed by atoms with Crippen molar-refractivity contribution in [2.45, 2.75) is 19.3 Å². The van der Waals surface area contributed by atoms with Crippen molar-refractivity contribution in [2.75, 3.05) is 19.0 Å². The number of hydrogen-bond acceptors (Lipinski definition) is 6. The number of thiazole rings is 1. The third-order valence-electron chi connectivity index (χ3n) is 3.86. The van der Waals surface area contributed by atoms with Crippen molar-refractivity contribution in [2.24, 2.45) is 0 Å². The largest absolute Gasteiger partial charge is 0.495 e. The topological polar surface area (TPSA) is 77.5 Å². The van der Waals surface area contributed by atoms with E-state index >= 15 is 0 Å². The van der Waals surface area contributed by atoms with Crippen LogP contribution < -0.4 is 10.1 Å². The Bertz CT molecular complexity index is 905. The summed E-state index contributed by atoms with van der Waals surface area (Å²) in [5, 5.41) is 3.66. The minimum atomic E-state index is -0.404. The van der Waals surface area contributed by atoms with Gasteiger partial charge in [0.1, 0.15) is 5.75 Å². The minimum absolute atomic E-state index is 0.248. The normalized spacial score (nSPS) is 10.6. The highest BCUT2D eigenvalue weighted by Crippen LogP contribution is 2.23. The molecule has 1 amide bonds. The molecule has 140 valence electrons. The number of hydrogen-bond donors (Lipinski definition) is 1. The highest BCUT2D eigenvalue weighted by atomic mass is 32.1. The number of rotatable bonds is 8. The molecular formula is C20H20N2O4S. The number of carbonyl (C=O) groups is 2. The average molecular weight is 384 g/mol. The molecular weight excluding hydrogens is 364 g/mol. The Morgan fingerprint density at radius 3 is 2.70 bits per heavy atom. The zero-order valence-electron chi connectivity index (χ0n) is 14.9. The lowest BCUT2D eigenvalue weighted by molar-refractivity contribution is -0.147. The van der Waals surface area contributed by atoms with E-state index in [1.165, 1.54) is 7.11 Å². The fourth-order valence-electron chi connectivity index (χ4n) is 2.56. The third kappa shape index (κ3) is 5.27. The second-order valence-electron chi connectivity index (χ2n) is 5.84. The van der Waals surface area contributed by atoms with Crippen molar-refractivity contribution < 1.29 is 19.1 Å². The van der Waals surface area contributed by atoms with Gasteiger partial charge in [0.15, 0.2) is 6.61 Å². The second kappa shape index (κ2) is 9.14. The van der Waals surface area contributed by atoms with Crippen LogP contribution in [0.2, 0.25) is 0 Å². The van der Waals surface area contributed by atoms with Gasteiger partial charge in [-0.05, 0) is 37.1 Å². The molecule has 0 atom stereocenters. The van der Waals surface area contributed by atoms with Crippen LogP contribution in [0.1, 0.15) is 17.8 Å². The van der Waals surface area contributed by atoms with Gasteiger partial charge in [-0.2, -0.15) is 0 Å². The third-order valence-corrected chi connectivity index (χ3v) is 4.95. The Morgan fingerprint density at radius 1 is 1.11 bits per heavy atom. The molecule has 0 saturated carbocycles. The maximum Gasteiger partial charge on any atom is 0.306 e. The minimum Gasteiger partial charge on any atom is -0.495 e. The first-order valence-corrected chi connectivity index (χ1v) is 9.40. The van der Waals surface area contributed by atoms with Crippen molar-refractivity contribution in [3.05, 3.63) is 53.5 Å². The zero-order valence-corrected chi connectivity index (χ0v) is 15.8. The summed E-state index contributed by atoms with van der Waals surface area (Å²) in [5.41, 5.74) is 1.52. The number of fused-ring (bicyclic) bond motifs is 1. The fourth-order valence-corrected chi connectivity index (χ4v) is 3.57. The molecule has 3 rings (SSSR count). The molecule has 2 aromatic carbocycles. The summed E-state index contributed by atoms with van der Waals surface area (Å²) in [4.78, 5) is 28.3. The number of benzene rings is 2. The summed E-state index contributed by atoms with van der Waals surface area (Å²) in [6.07, 6.45) is 1.59. The van der Waals surface area contributed by atoms with E-state index in [2.05, 4.69) is 10.3 Å². The quantitative estimate of drug-likeness (QED) is 0.598. The molecule has 0 aliphatic heterocycles. The summed E-state index contributed by atoms with van der Waals surface area (Å²) in [6.45, 7) is -0.321. The van der Waals surface area contributed by atoms with Crippen molar-refractivity contribution in [1.29, 1.82) is 0 Å². The van der Waals surface area contributed by atoms with Gasteiger partial charge in [-0.3, -0.25) is 9.59 Å². The number of carbonyl (C=O) groups excluding carboxylic acids is 2. The first-order chi connectivity index (χ1) is 13.2. The lowest BCUT2D eigenvalue weighted by Crippen LogP contribution is -2.21. The summed E-state index contributed by atoms with van der Waals surface area (Å²) in [5.74, 6) is -0.252. The van der Waals surface area contributed by atoms with Gasteiger partial charge >= 0.3 is 5.97 Å². The Morgan fingerprint density at radius 2 is 1.89 bits per heavy atom. The van der Waals surface area contributed by atoms with E-state index in [-0.39, 0.29) is 13.0 Å². The van der Waals surface area contributed by atoms with Crippen molar-refractivity contribution in [1.82, 2.24) is 4.98 Å². The summed E-state index contributed by atoms with van der Waals surface area (Å²) < 4.78 is 11.3. The van der Waals surface area contributed by atoms with Gasteiger partial charge in [-0.25, -0.2) is 4.98 Å². The highest BCUT2D eigenvalue weighted by Gasteiger charge is 2.11. The van der Waals surface area contributed by atoms with Gasteiger partial charge in [-0.1, -0.05) is 24.3 Å². The Labute approximate surface area is 161 Å². The first kappa shape index (κ1) is 18.8. The number of esters is 1. The molecule has 0 bridgehead atoms. The molecule has 1 aromatic heterocycles. The van der Waals surface area contributed by atoms with E-state index < -0.39 is 11.9 Å². The van der Waals surface area contributed by atoms with E-state index in [0.29, 0.717) is 24.3 Å². The van der Waals surface area contributed by atoms with Crippen LogP contribution in [0.3, 0.4) is 0 Å². The van der Waals surface area contributed by atoms with Gasteiger partial charge < -0.3 is 14.8 Å². The van der Waals surface area contributed by atoms with E-state index in [0.717, 1.165) is 15.2 Å². The SMILES string of the molecule is COc1ccccc1NC(=O)COC(=O)CCCc1nc2ccccc2s1. The van der Waals surface area contributed by atoms with Crippen LogP contribution >= 0.6 is 11.3 Å². The Hall–Kier alpha value is -2.93. The molecule has 0 saturated heterocycles. The van der Waals surface area contributed by atoms with Crippen LogP contribution in [0.15, 0.2) is 48.5 Å². The molecule has 27 heavy (non-hydrogen) atoms. The van der Waals surface area contributed by atoms with Crippen LogP contribution in [-0.4, -0.2) is 30.6 Å². The molecule has 1 heterocycles. The number of amides is 1. The van der Waals surface area contributed by atoms with Crippen LogP contribution in [0.5, 0.6) is 5.75 Å². The summed E-state index contributed by atoms with van der Waals surface area (Å²) >= 11 is 1.63. The summed E-state index contributed by atoms with van der Waals surface area (Å²) in [7, 11) is 1.52. The number of anilines is 1. The van der Waals surface area contributed by atoms with Crippen LogP contribution in [0.4, 0.5) is 5.69 Å². The van der Waals surface area contributed by atoms with Gasteiger partial charge in [-0.15, -0.1) is 11.3 Å². The predicted molar refractivity (Wildman–Crippen MR) is 105 cm³/mol. The molecule has 0 radical (unpaired) electrons. The fraction of sp³-hybridized carbons (Fsp3) is 0.250. The number of nitrogens with one attached hydrogen (secondary N) is 1. The van der Waals surface area contributed by atoms with E-state index in [1.807, 2.05) is 24.3 Å². The summed E-state index contributed by atoms with van der Waals surface area (Å²) in [6, 6.07) is 15.0. The Kier molecular flexibility index (Phi) is 6.38. The number of para-hydroxylation sites is 3. The molecule has 7 heteroatoms. The Balaban J connectivity index is 1.39. The maximum atomic E-state index is 11.9. The molecule has 6 nitrogen and oxygen atoms in total. The maximum absolute atomic E-state index is 11.9. The average Bonchev–Trinajstić information content (AvgIpc) is 3.09. The van der Waals surface area contributed by atoms with Crippen LogP contribution in [-0.2, 0) is 20.7 Å². The second-order valence-corrected chi connectivity index (χ2v) is 6.95. The number of aryl methyl sites for hydroxylation is 1. The van der Waals surface area contributed by atoms with Crippen molar-refractivity contribution >= 4 is 39.1 Å². The number of nitrogens with zero attached hydrogens (tertiary/aromatic N) is 1. The van der Waals surface area contributed by atoms with E-state index in [1.54, 1.807) is 35.6 Å². The van der Waals surface area contributed by atoms with Crippen molar-refractivity contribution in [3.8, 4) is 5.75 Å². The van der Waals surface area contributed by atoms with Crippen molar-refractivity contribution in [3.63, 3.8) is 0 Å². The van der Waals surface area contributed by atoms with Crippen LogP contribution in [0, 0.1) is 0 Å². The molecule has 0 unspecified atom stereocenters. The van der Waals surface area contributed by atoms with Gasteiger partial charge in [0.2, 0.25) is 0 Å². The van der Waals surface area contributed by atoms with E-state index in [4.69, 9.17) is 9.47 Å². The molecule has 3 aromatic rings. The molecule has 0 fully saturated rings. The zero-order chi connectivity index (χ0) is 19.1. The van der Waals surface area contributed by atoms with Crippen LogP contribution in [0.25, 0.3) is 10.2 Å². The lowest BCUT2D eigenvalue weighted by atomic mass is 10.2. The highest BCUT2D eigenvalue weighted by molar-refractivity contribution is 7.18. The molecule has 0 aliphatic rings. The molecule has 0 spiro atoms. The predicted octanol–water partition coefficient (Wildman–Crippen LogP) is 3.81. The standard InChI is InChI=1S/C20H20N2O4S/c1-25-16-9-4-2-7-14(16)21-18(23)13-26-20(24)12-6-11-19-22-15-8-3-5-10-17(15)27-19/h2-5,7-10H,6,11-13H2,1H3,(H,21,23). The molecule has 0 aliphatic carbocycles. The van der Waals surface area contributed by atoms with Gasteiger partial charge in [0.25, 0.3) is 5.91 Å². The molecule has 1 N–H and O–H groups in total. The number of aromatic nitrogens is 1. The van der Waals surface area contributed by atoms with E-state index in [9.17, 15) is 9.59 Å². The first-order valence-electron chi connectivity index (χ1n) is 8.58. The van der Waals surface area contributed by atoms with Gasteiger partial charge in [0, 0.05) is 6.42 Å². The smallest absolute Gasteiger partial charge is 0.306 e. The number of ether oxygens (including phenoxy) is 2. The monoisotopic (exact) mass is 384 g/mol. The van der Waals surface area contributed by atoms with Gasteiger partial charge in [0.05, 0.1) is 28.0 Å².